The van der Waals surface area contributed by atoms with E-state index in [1.54, 1.807) is 12.1 Å². The molecule has 1 unspecified atom stereocenters. The fourth-order valence-electron chi connectivity index (χ4n) is 2.36. The molecule has 1 amide bonds. The fourth-order valence-corrected chi connectivity index (χ4v) is 2.36. The third-order valence-corrected chi connectivity index (χ3v) is 3.25. The van der Waals surface area contributed by atoms with Crippen LogP contribution in [0, 0.1) is 0 Å². The minimum atomic E-state index is -1.01. The molecule has 0 radical (unpaired) electrons. The number of amides is 1. The second-order valence-electron chi connectivity index (χ2n) is 4.37. The van der Waals surface area contributed by atoms with Crippen LogP contribution in [0.1, 0.15) is 15.9 Å². The first-order valence-electron chi connectivity index (χ1n) is 5.85. The number of carboxylic acid groups (broad SMARTS) is 1. The highest BCUT2D eigenvalue weighted by Crippen LogP contribution is 2.33. The molecule has 0 aliphatic carbocycles. The molecule has 0 saturated heterocycles. The maximum Gasteiger partial charge on any atom is 0.327 e. The van der Waals surface area contributed by atoms with E-state index < -0.39 is 12.0 Å². The molecule has 96 valence electrons. The van der Waals surface area contributed by atoms with Crippen molar-refractivity contribution in [1.29, 1.82) is 0 Å². The number of carboxylic acids is 1. The topological polar surface area (TPSA) is 70.8 Å². The van der Waals surface area contributed by atoms with Crippen LogP contribution in [-0.2, 0) is 11.2 Å². The lowest BCUT2D eigenvalue weighted by Gasteiger charge is -2.21. The highest BCUT2D eigenvalue weighted by molar-refractivity contribution is 6.10. The predicted molar refractivity (Wildman–Crippen MR) is 67.1 cm³/mol. The summed E-state index contributed by atoms with van der Waals surface area (Å²) in [5.41, 5.74) is 1.87. The Morgan fingerprint density at radius 2 is 2.05 bits per heavy atom. The van der Waals surface area contributed by atoms with E-state index >= 15 is 0 Å². The number of carbonyl (C=O) groups is 2. The third kappa shape index (κ3) is 1.79. The van der Waals surface area contributed by atoms with Crippen molar-refractivity contribution in [3.05, 3.63) is 54.0 Å². The summed E-state index contributed by atoms with van der Waals surface area (Å²) in [7, 11) is 0. The first kappa shape index (κ1) is 11.5. The van der Waals surface area contributed by atoms with Gasteiger partial charge in [-0.1, -0.05) is 18.2 Å². The number of fused-ring (bicyclic) bond motifs is 1. The van der Waals surface area contributed by atoms with Crippen LogP contribution in [0.25, 0.3) is 0 Å². The van der Waals surface area contributed by atoms with Crippen LogP contribution in [0.2, 0.25) is 0 Å². The SMILES string of the molecule is O=C(O)C1Cc2ccccc2N1C(=O)c1ccoc1. The van der Waals surface area contributed by atoms with Crippen molar-refractivity contribution in [3.8, 4) is 0 Å². The van der Waals surface area contributed by atoms with Crippen molar-refractivity contribution in [2.45, 2.75) is 12.5 Å². The smallest absolute Gasteiger partial charge is 0.327 e. The molecule has 2 aromatic rings. The summed E-state index contributed by atoms with van der Waals surface area (Å²) in [6, 6.07) is 7.90. The molecule has 5 nitrogen and oxygen atoms in total. The molecule has 1 aliphatic rings. The number of furan rings is 1. The first-order chi connectivity index (χ1) is 9.18. The molecule has 3 rings (SSSR count). The predicted octanol–water partition coefficient (Wildman–Crippen LogP) is 1.94. The van der Waals surface area contributed by atoms with Gasteiger partial charge in [0.05, 0.1) is 11.8 Å². The van der Waals surface area contributed by atoms with Crippen molar-refractivity contribution in [2.75, 3.05) is 4.90 Å². The number of para-hydroxylation sites is 1. The Bertz CT molecular complexity index is 633. The zero-order chi connectivity index (χ0) is 13.4. The van der Waals surface area contributed by atoms with Crippen LogP contribution in [0.5, 0.6) is 0 Å². The van der Waals surface area contributed by atoms with Gasteiger partial charge in [0.25, 0.3) is 5.91 Å². The van der Waals surface area contributed by atoms with Gasteiger partial charge < -0.3 is 9.52 Å². The molecule has 19 heavy (non-hydrogen) atoms. The summed E-state index contributed by atoms with van der Waals surface area (Å²) < 4.78 is 4.88. The summed E-state index contributed by atoms with van der Waals surface area (Å²) >= 11 is 0. The number of anilines is 1. The van der Waals surface area contributed by atoms with Gasteiger partial charge in [-0.2, -0.15) is 0 Å². The van der Waals surface area contributed by atoms with Crippen LogP contribution in [0.15, 0.2) is 47.3 Å². The minimum absolute atomic E-state index is 0.328. The molecular formula is C14H11NO4. The lowest BCUT2D eigenvalue weighted by molar-refractivity contribution is -0.138. The van der Waals surface area contributed by atoms with E-state index in [9.17, 15) is 14.7 Å². The molecule has 2 heterocycles. The molecule has 1 aromatic heterocycles. The lowest BCUT2D eigenvalue weighted by atomic mass is 10.1. The first-order valence-corrected chi connectivity index (χ1v) is 5.85. The van der Waals surface area contributed by atoms with Gasteiger partial charge in [0.1, 0.15) is 12.3 Å². The molecule has 1 atom stereocenters. The molecule has 1 aromatic carbocycles. The highest BCUT2D eigenvalue weighted by Gasteiger charge is 2.38. The van der Waals surface area contributed by atoms with E-state index in [2.05, 4.69) is 0 Å². The van der Waals surface area contributed by atoms with E-state index in [1.807, 2.05) is 12.1 Å². The molecule has 0 saturated carbocycles. The summed E-state index contributed by atoms with van der Waals surface area (Å²) in [5.74, 6) is -1.36. The molecule has 5 heteroatoms. The fraction of sp³-hybridized carbons (Fsp3) is 0.143. The van der Waals surface area contributed by atoms with Crippen LogP contribution < -0.4 is 4.90 Å². The van der Waals surface area contributed by atoms with Crippen molar-refractivity contribution >= 4 is 17.6 Å². The Morgan fingerprint density at radius 3 is 2.74 bits per heavy atom. The molecular weight excluding hydrogens is 246 g/mol. The average molecular weight is 257 g/mol. The third-order valence-electron chi connectivity index (χ3n) is 3.25. The van der Waals surface area contributed by atoms with Gasteiger partial charge >= 0.3 is 5.97 Å². The number of rotatable bonds is 2. The van der Waals surface area contributed by atoms with Crippen molar-refractivity contribution in [3.63, 3.8) is 0 Å². The minimum Gasteiger partial charge on any atom is -0.480 e. The maximum atomic E-state index is 12.4. The monoisotopic (exact) mass is 257 g/mol. The summed E-state index contributed by atoms with van der Waals surface area (Å²) in [6.07, 6.45) is 3.04. The zero-order valence-electron chi connectivity index (χ0n) is 9.95. The average Bonchev–Trinajstić information content (AvgIpc) is 3.05. The Hall–Kier alpha value is -2.56. The zero-order valence-corrected chi connectivity index (χ0v) is 9.95. The highest BCUT2D eigenvalue weighted by atomic mass is 16.4. The molecule has 1 aliphatic heterocycles. The molecule has 0 fully saturated rings. The normalized spacial score (nSPS) is 17.3. The Labute approximate surface area is 109 Å². The van der Waals surface area contributed by atoms with Gasteiger partial charge in [-0.25, -0.2) is 4.79 Å². The van der Waals surface area contributed by atoms with Gasteiger partial charge in [0, 0.05) is 12.1 Å². The van der Waals surface area contributed by atoms with E-state index in [1.165, 1.54) is 23.5 Å². The quantitative estimate of drug-likeness (QED) is 0.892. The van der Waals surface area contributed by atoms with E-state index in [0.717, 1.165) is 5.56 Å². The van der Waals surface area contributed by atoms with Gasteiger partial charge in [-0.3, -0.25) is 9.69 Å². The van der Waals surface area contributed by atoms with Crippen LogP contribution in [0.3, 0.4) is 0 Å². The second-order valence-corrected chi connectivity index (χ2v) is 4.37. The molecule has 0 bridgehead atoms. The van der Waals surface area contributed by atoms with Crippen LogP contribution in [-0.4, -0.2) is 23.0 Å². The molecule has 1 N–H and O–H groups in total. The van der Waals surface area contributed by atoms with E-state index in [0.29, 0.717) is 17.7 Å². The van der Waals surface area contributed by atoms with Crippen LogP contribution in [0.4, 0.5) is 5.69 Å². The van der Waals surface area contributed by atoms with Crippen molar-refractivity contribution in [2.24, 2.45) is 0 Å². The Kier molecular flexibility index (Phi) is 2.59. The maximum absolute atomic E-state index is 12.4. The van der Waals surface area contributed by atoms with Crippen molar-refractivity contribution in [1.82, 2.24) is 0 Å². The number of nitrogens with zero attached hydrogens (tertiary/aromatic N) is 1. The molecule has 0 spiro atoms. The number of carbonyl (C=O) groups excluding carboxylic acids is 1. The van der Waals surface area contributed by atoms with Gasteiger partial charge in [0.2, 0.25) is 0 Å². The standard InChI is InChI=1S/C14H11NO4/c16-13(10-5-6-19-8-10)15-11-4-2-1-3-9(11)7-12(15)14(17)18/h1-6,8,12H,7H2,(H,17,18). The van der Waals surface area contributed by atoms with Gasteiger partial charge in [-0.05, 0) is 17.7 Å². The summed E-state index contributed by atoms with van der Waals surface area (Å²) in [5, 5.41) is 9.28. The Balaban J connectivity index is 2.05. The number of hydrogen-bond acceptors (Lipinski definition) is 3. The van der Waals surface area contributed by atoms with E-state index in [-0.39, 0.29) is 5.91 Å². The summed E-state index contributed by atoms with van der Waals surface area (Å²) in [4.78, 5) is 25.0. The largest absolute Gasteiger partial charge is 0.480 e. The number of hydrogen-bond donors (Lipinski definition) is 1. The lowest BCUT2D eigenvalue weighted by Crippen LogP contribution is -2.42. The number of benzene rings is 1. The van der Waals surface area contributed by atoms with Crippen LogP contribution >= 0.6 is 0 Å². The van der Waals surface area contributed by atoms with E-state index in [4.69, 9.17) is 4.42 Å². The van der Waals surface area contributed by atoms with Gasteiger partial charge in [-0.15, -0.1) is 0 Å². The van der Waals surface area contributed by atoms with Gasteiger partial charge in [0.15, 0.2) is 0 Å². The van der Waals surface area contributed by atoms with Crippen molar-refractivity contribution < 1.29 is 19.1 Å². The second kappa shape index (κ2) is 4.28. The Morgan fingerprint density at radius 1 is 1.26 bits per heavy atom. The summed E-state index contributed by atoms with van der Waals surface area (Å²) in [6.45, 7) is 0. The number of aliphatic carboxylic acids is 1.